The van der Waals surface area contributed by atoms with Crippen molar-refractivity contribution in [2.45, 2.75) is 45.6 Å². The Hall–Kier alpha value is -0.610. The minimum atomic E-state index is -0.625. The van der Waals surface area contributed by atoms with Crippen molar-refractivity contribution in [2.75, 3.05) is 26.9 Å². The fourth-order valence-electron chi connectivity index (χ4n) is 2.24. The third kappa shape index (κ3) is 3.95. The van der Waals surface area contributed by atoms with Crippen molar-refractivity contribution >= 4 is 5.97 Å². The topological polar surface area (TPSA) is 47.6 Å². The highest BCUT2D eigenvalue weighted by Gasteiger charge is 2.51. The molecule has 1 N–H and O–H groups in total. The van der Waals surface area contributed by atoms with Crippen LogP contribution >= 0.6 is 0 Å². The van der Waals surface area contributed by atoms with Gasteiger partial charge in [0.1, 0.15) is 5.54 Å². The highest BCUT2D eigenvalue weighted by molar-refractivity contribution is 5.82. The summed E-state index contributed by atoms with van der Waals surface area (Å²) in [6.07, 6.45) is 3.18. The summed E-state index contributed by atoms with van der Waals surface area (Å²) in [5.74, 6) is 0.804. The number of esters is 1. The molecule has 0 spiro atoms. The maximum atomic E-state index is 12.1. The lowest BCUT2D eigenvalue weighted by Gasteiger charge is -2.31. The van der Waals surface area contributed by atoms with Crippen LogP contribution < -0.4 is 5.32 Å². The molecular weight excluding hydrogens is 230 g/mol. The molecule has 0 aliphatic heterocycles. The molecule has 18 heavy (non-hydrogen) atoms. The molecule has 1 unspecified atom stereocenters. The zero-order valence-electron chi connectivity index (χ0n) is 12.1. The van der Waals surface area contributed by atoms with Crippen LogP contribution in [0.4, 0.5) is 0 Å². The Morgan fingerprint density at radius 2 is 2.11 bits per heavy atom. The van der Waals surface area contributed by atoms with Crippen LogP contribution in [0.25, 0.3) is 0 Å². The van der Waals surface area contributed by atoms with Crippen molar-refractivity contribution in [3.05, 3.63) is 0 Å². The number of nitrogens with one attached hydrogen (secondary N) is 1. The normalized spacial score (nSPS) is 18.7. The summed E-state index contributed by atoms with van der Waals surface area (Å²) in [6.45, 7) is 8.22. The third-order valence-electron chi connectivity index (χ3n) is 3.49. The fraction of sp³-hybridized carbons (Fsp3) is 0.929. The molecule has 0 radical (unpaired) electrons. The van der Waals surface area contributed by atoms with Gasteiger partial charge in [0, 0.05) is 6.61 Å². The Balaban J connectivity index is 2.55. The quantitative estimate of drug-likeness (QED) is 0.507. The molecule has 0 aromatic rings. The molecule has 1 rings (SSSR count). The van der Waals surface area contributed by atoms with Gasteiger partial charge in [0.05, 0.1) is 13.7 Å². The van der Waals surface area contributed by atoms with Gasteiger partial charge in [-0.05, 0) is 37.6 Å². The SMILES string of the molecule is CCNC(COCCC(C)C)(C(=O)OC)C1CC1. The Kier molecular flexibility index (Phi) is 6.09. The summed E-state index contributed by atoms with van der Waals surface area (Å²) in [5.41, 5.74) is -0.625. The lowest BCUT2D eigenvalue weighted by molar-refractivity contribution is -0.153. The average Bonchev–Trinajstić information content (AvgIpc) is 3.16. The van der Waals surface area contributed by atoms with Crippen LogP contribution in [-0.4, -0.2) is 38.4 Å². The van der Waals surface area contributed by atoms with Gasteiger partial charge in [-0.3, -0.25) is 5.32 Å². The van der Waals surface area contributed by atoms with Crippen molar-refractivity contribution in [3.8, 4) is 0 Å². The Morgan fingerprint density at radius 1 is 1.44 bits per heavy atom. The maximum Gasteiger partial charge on any atom is 0.328 e. The number of rotatable bonds is 9. The average molecular weight is 257 g/mol. The molecule has 0 amide bonds. The van der Waals surface area contributed by atoms with E-state index in [1.807, 2.05) is 6.92 Å². The second-order valence-electron chi connectivity index (χ2n) is 5.50. The number of hydrogen-bond acceptors (Lipinski definition) is 4. The van der Waals surface area contributed by atoms with Gasteiger partial charge < -0.3 is 9.47 Å². The van der Waals surface area contributed by atoms with Gasteiger partial charge in [0.25, 0.3) is 0 Å². The lowest BCUT2D eigenvalue weighted by Crippen LogP contribution is -2.58. The zero-order valence-corrected chi connectivity index (χ0v) is 12.1. The number of ether oxygens (including phenoxy) is 2. The first-order valence-electron chi connectivity index (χ1n) is 6.98. The van der Waals surface area contributed by atoms with E-state index >= 15 is 0 Å². The van der Waals surface area contributed by atoms with Gasteiger partial charge in [0.15, 0.2) is 0 Å². The van der Waals surface area contributed by atoms with Crippen LogP contribution in [0.3, 0.4) is 0 Å². The maximum absolute atomic E-state index is 12.1. The molecular formula is C14H27NO3. The first-order chi connectivity index (χ1) is 8.56. The lowest BCUT2D eigenvalue weighted by atomic mass is 9.94. The first-order valence-corrected chi connectivity index (χ1v) is 6.98. The predicted molar refractivity (Wildman–Crippen MR) is 71.4 cm³/mol. The molecule has 0 heterocycles. The molecule has 0 saturated heterocycles. The number of hydrogen-bond donors (Lipinski definition) is 1. The largest absolute Gasteiger partial charge is 0.468 e. The van der Waals surface area contributed by atoms with Crippen LogP contribution in [0.1, 0.15) is 40.0 Å². The second kappa shape index (κ2) is 7.10. The number of methoxy groups -OCH3 is 1. The van der Waals surface area contributed by atoms with Crippen molar-refractivity contribution in [1.29, 1.82) is 0 Å². The molecule has 1 saturated carbocycles. The second-order valence-corrected chi connectivity index (χ2v) is 5.50. The molecule has 1 atom stereocenters. The molecule has 0 bridgehead atoms. The van der Waals surface area contributed by atoms with Crippen molar-refractivity contribution in [3.63, 3.8) is 0 Å². The van der Waals surface area contributed by atoms with Gasteiger partial charge in [0.2, 0.25) is 0 Å². The summed E-state index contributed by atoms with van der Waals surface area (Å²) in [4.78, 5) is 12.1. The first kappa shape index (κ1) is 15.4. The Morgan fingerprint density at radius 3 is 2.56 bits per heavy atom. The third-order valence-corrected chi connectivity index (χ3v) is 3.49. The van der Waals surface area contributed by atoms with E-state index in [1.165, 1.54) is 7.11 Å². The molecule has 1 aliphatic carbocycles. The van der Waals surface area contributed by atoms with E-state index in [-0.39, 0.29) is 5.97 Å². The van der Waals surface area contributed by atoms with Crippen LogP contribution in [0.2, 0.25) is 0 Å². The number of carbonyl (C=O) groups is 1. The zero-order chi connectivity index (χ0) is 13.6. The van der Waals surface area contributed by atoms with Crippen LogP contribution in [0, 0.1) is 11.8 Å². The van der Waals surface area contributed by atoms with E-state index in [4.69, 9.17) is 9.47 Å². The molecule has 106 valence electrons. The Labute approximate surface area is 110 Å². The fourth-order valence-corrected chi connectivity index (χ4v) is 2.24. The number of likely N-dealkylation sites (N-methyl/N-ethyl adjacent to an activating group) is 1. The van der Waals surface area contributed by atoms with E-state index in [0.717, 1.165) is 25.8 Å². The summed E-state index contributed by atoms with van der Waals surface area (Å²) >= 11 is 0. The summed E-state index contributed by atoms with van der Waals surface area (Å²) in [7, 11) is 1.45. The van der Waals surface area contributed by atoms with E-state index in [2.05, 4.69) is 19.2 Å². The summed E-state index contributed by atoms with van der Waals surface area (Å²) < 4.78 is 10.7. The number of carbonyl (C=O) groups excluding carboxylic acids is 1. The predicted octanol–water partition coefficient (Wildman–Crippen LogP) is 1.98. The molecule has 4 heteroatoms. The molecule has 0 aromatic heterocycles. The van der Waals surface area contributed by atoms with Gasteiger partial charge in [-0.15, -0.1) is 0 Å². The van der Waals surface area contributed by atoms with E-state index in [0.29, 0.717) is 25.0 Å². The van der Waals surface area contributed by atoms with E-state index in [1.54, 1.807) is 0 Å². The Bertz CT molecular complexity index is 264. The van der Waals surface area contributed by atoms with Crippen LogP contribution in [-0.2, 0) is 14.3 Å². The van der Waals surface area contributed by atoms with Crippen molar-refractivity contribution in [1.82, 2.24) is 5.32 Å². The van der Waals surface area contributed by atoms with Crippen LogP contribution in [0.15, 0.2) is 0 Å². The standard InChI is InChI=1S/C14H27NO3/c1-5-15-14(12-6-7-12,13(16)17-4)10-18-9-8-11(2)3/h11-12,15H,5-10H2,1-4H3. The molecule has 4 nitrogen and oxygen atoms in total. The highest BCUT2D eigenvalue weighted by atomic mass is 16.5. The minimum Gasteiger partial charge on any atom is -0.468 e. The van der Waals surface area contributed by atoms with Gasteiger partial charge in [-0.1, -0.05) is 20.8 Å². The van der Waals surface area contributed by atoms with Gasteiger partial charge in [-0.2, -0.15) is 0 Å². The van der Waals surface area contributed by atoms with E-state index < -0.39 is 5.54 Å². The van der Waals surface area contributed by atoms with Crippen molar-refractivity contribution in [2.24, 2.45) is 11.8 Å². The minimum absolute atomic E-state index is 0.184. The smallest absolute Gasteiger partial charge is 0.328 e. The van der Waals surface area contributed by atoms with E-state index in [9.17, 15) is 4.79 Å². The summed E-state index contributed by atoms with van der Waals surface area (Å²) in [5, 5.41) is 3.30. The van der Waals surface area contributed by atoms with Gasteiger partial charge in [-0.25, -0.2) is 4.79 Å². The van der Waals surface area contributed by atoms with Gasteiger partial charge >= 0.3 is 5.97 Å². The highest BCUT2D eigenvalue weighted by Crippen LogP contribution is 2.40. The summed E-state index contributed by atoms with van der Waals surface area (Å²) in [6, 6.07) is 0. The van der Waals surface area contributed by atoms with Crippen molar-refractivity contribution < 1.29 is 14.3 Å². The molecule has 0 aromatic carbocycles. The molecule has 1 fully saturated rings. The van der Waals surface area contributed by atoms with Crippen LogP contribution in [0.5, 0.6) is 0 Å². The molecule has 1 aliphatic rings. The monoisotopic (exact) mass is 257 g/mol.